The fourth-order valence-electron chi connectivity index (χ4n) is 3.61. The maximum Gasteiger partial charge on any atom is 0.417 e. The van der Waals surface area contributed by atoms with Gasteiger partial charge in [-0.05, 0) is 19.1 Å². The number of carbonyl (C=O) groups is 1. The van der Waals surface area contributed by atoms with Crippen LogP contribution < -0.4 is 5.56 Å². The molecule has 1 aromatic carbocycles. The molecule has 0 aliphatic carbocycles. The molecule has 0 spiro atoms. The van der Waals surface area contributed by atoms with Crippen LogP contribution in [0.25, 0.3) is 4.96 Å². The number of rotatable bonds is 3. The fraction of sp³-hybridized carbons (Fsp3) is 0.350. The fourth-order valence-corrected chi connectivity index (χ4v) is 4.50. The maximum absolute atomic E-state index is 13.2. The Bertz CT molecular complexity index is 1150. The number of aryl methyl sites for hydroxylation is 1. The van der Waals surface area contributed by atoms with Gasteiger partial charge in [0.1, 0.15) is 0 Å². The molecule has 1 fully saturated rings. The lowest BCUT2D eigenvalue weighted by Gasteiger charge is -2.35. The summed E-state index contributed by atoms with van der Waals surface area (Å²) >= 11 is 1.40. The number of piperazine rings is 1. The van der Waals surface area contributed by atoms with E-state index in [1.165, 1.54) is 40.5 Å². The third-order valence-electron chi connectivity index (χ3n) is 5.14. The highest BCUT2D eigenvalue weighted by Gasteiger charge is 2.36. The number of halogens is 3. The van der Waals surface area contributed by atoms with Gasteiger partial charge in [0.2, 0.25) is 0 Å². The number of thiazole rings is 1. The van der Waals surface area contributed by atoms with E-state index in [1.807, 2.05) is 17.2 Å². The molecule has 158 valence electrons. The Morgan fingerprint density at radius 1 is 1.17 bits per heavy atom. The highest BCUT2D eigenvalue weighted by Crippen LogP contribution is 2.32. The number of fused-ring (bicyclic) bond motifs is 1. The summed E-state index contributed by atoms with van der Waals surface area (Å²) in [5.41, 5.74) is 0.106. The third-order valence-corrected chi connectivity index (χ3v) is 6.08. The van der Waals surface area contributed by atoms with Gasteiger partial charge in [-0.25, -0.2) is 4.98 Å². The van der Waals surface area contributed by atoms with Gasteiger partial charge >= 0.3 is 6.18 Å². The normalized spacial score (nSPS) is 15.7. The number of nitrogens with zero attached hydrogens (tertiary/aromatic N) is 4. The largest absolute Gasteiger partial charge is 0.417 e. The van der Waals surface area contributed by atoms with Crippen LogP contribution in [0.3, 0.4) is 0 Å². The molecule has 1 aliphatic rings. The quantitative estimate of drug-likeness (QED) is 0.633. The predicted octanol–water partition coefficient (Wildman–Crippen LogP) is 3.04. The average Bonchev–Trinajstić information content (AvgIpc) is 3.08. The van der Waals surface area contributed by atoms with Crippen LogP contribution in [0.2, 0.25) is 0 Å². The van der Waals surface area contributed by atoms with E-state index in [9.17, 15) is 22.8 Å². The first-order valence-electron chi connectivity index (χ1n) is 9.38. The minimum atomic E-state index is -4.58. The van der Waals surface area contributed by atoms with Gasteiger partial charge in [0.15, 0.2) is 4.96 Å². The predicted molar refractivity (Wildman–Crippen MR) is 107 cm³/mol. The molecule has 1 aliphatic heterocycles. The van der Waals surface area contributed by atoms with Crippen molar-refractivity contribution in [2.24, 2.45) is 0 Å². The van der Waals surface area contributed by atoms with E-state index in [4.69, 9.17) is 0 Å². The number of benzene rings is 1. The summed E-state index contributed by atoms with van der Waals surface area (Å²) in [6.45, 7) is 3.90. The Balaban J connectivity index is 1.44. The summed E-state index contributed by atoms with van der Waals surface area (Å²) in [6.07, 6.45) is -4.58. The molecule has 1 saturated heterocycles. The zero-order valence-electron chi connectivity index (χ0n) is 16.1. The van der Waals surface area contributed by atoms with Crippen molar-refractivity contribution in [1.29, 1.82) is 0 Å². The van der Waals surface area contributed by atoms with Crippen molar-refractivity contribution < 1.29 is 18.0 Å². The van der Waals surface area contributed by atoms with Crippen molar-refractivity contribution in [3.8, 4) is 0 Å². The maximum atomic E-state index is 13.2. The molecular formula is C20H19F3N4O2S. The molecule has 0 unspecified atom stereocenters. The number of hydrogen-bond donors (Lipinski definition) is 0. The van der Waals surface area contributed by atoms with E-state index >= 15 is 0 Å². The Morgan fingerprint density at radius 2 is 1.87 bits per heavy atom. The van der Waals surface area contributed by atoms with E-state index in [-0.39, 0.29) is 11.1 Å². The lowest BCUT2D eigenvalue weighted by atomic mass is 10.1. The molecule has 0 bridgehead atoms. The first-order valence-corrected chi connectivity index (χ1v) is 10.3. The van der Waals surface area contributed by atoms with Crippen molar-refractivity contribution in [1.82, 2.24) is 19.2 Å². The lowest BCUT2D eigenvalue weighted by Crippen LogP contribution is -2.48. The van der Waals surface area contributed by atoms with E-state index in [2.05, 4.69) is 4.98 Å². The van der Waals surface area contributed by atoms with Crippen molar-refractivity contribution >= 4 is 22.2 Å². The molecule has 1 amide bonds. The monoisotopic (exact) mass is 436 g/mol. The van der Waals surface area contributed by atoms with Gasteiger partial charge in [-0.2, -0.15) is 13.2 Å². The molecule has 10 heteroatoms. The van der Waals surface area contributed by atoms with Crippen LogP contribution in [0, 0.1) is 6.92 Å². The number of alkyl halides is 3. The minimum absolute atomic E-state index is 0.133. The van der Waals surface area contributed by atoms with Crippen LogP contribution in [-0.2, 0) is 12.7 Å². The van der Waals surface area contributed by atoms with E-state index in [0.717, 1.165) is 11.8 Å². The van der Waals surface area contributed by atoms with Gasteiger partial charge in [0.05, 0.1) is 16.8 Å². The Hall–Kier alpha value is -2.72. The molecule has 0 atom stereocenters. The second-order valence-corrected chi connectivity index (χ2v) is 8.03. The lowest BCUT2D eigenvalue weighted by molar-refractivity contribution is -0.138. The summed E-state index contributed by atoms with van der Waals surface area (Å²) in [6, 6.07) is 6.36. The van der Waals surface area contributed by atoms with Crippen molar-refractivity contribution in [2.45, 2.75) is 19.6 Å². The van der Waals surface area contributed by atoms with Crippen LogP contribution in [0.1, 0.15) is 27.3 Å². The van der Waals surface area contributed by atoms with Gasteiger partial charge in [-0.1, -0.05) is 12.1 Å². The topological polar surface area (TPSA) is 57.9 Å². The summed E-state index contributed by atoms with van der Waals surface area (Å²) in [4.78, 5) is 33.6. The molecule has 0 radical (unpaired) electrons. The van der Waals surface area contributed by atoms with Crippen molar-refractivity contribution in [3.05, 3.63) is 68.6 Å². The van der Waals surface area contributed by atoms with Crippen LogP contribution in [0.5, 0.6) is 0 Å². The molecule has 3 aromatic rings. The van der Waals surface area contributed by atoms with E-state index in [1.54, 1.807) is 4.40 Å². The number of aromatic nitrogens is 2. The van der Waals surface area contributed by atoms with Crippen LogP contribution in [-0.4, -0.2) is 51.3 Å². The third kappa shape index (κ3) is 3.97. The van der Waals surface area contributed by atoms with Gasteiger partial charge in [-0.3, -0.25) is 18.9 Å². The van der Waals surface area contributed by atoms with Crippen molar-refractivity contribution in [2.75, 3.05) is 26.2 Å². The standard InChI is InChI=1S/C20H19F3N4O2S/c1-13-12-30-19-24-14(10-17(28)27(13)19)11-25-6-8-26(9-7-25)18(29)15-4-2-3-5-16(15)20(21,22)23/h2-5,10,12H,6-9,11H2,1H3. The molecule has 30 heavy (non-hydrogen) atoms. The molecule has 6 nitrogen and oxygen atoms in total. The second-order valence-electron chi connectivity index (χ2n) is 7.19. The van der Waals surface area contributed by atoms with E-state index < -0.39 is 17.6 Å². The zero-order chi connectivity index (χ0) is 21.5. The van der Waals surface area contributed by atoms with Gasteiger partial charge < -0.3 is 4.90 Å². The van der Waals surface area contributed by atoms with Gasteiger partial charge in [-0.15, -0.1) is 11.3 Å². The molecular weight excluding hydrogens is 417 g/mol. The molecule has 4 rings (SSSR count). The smallest absolute Gasteiger partial charge is 0.336 e. The first-order chi connectivity index (χ1) is 14.2. The Labute approximate surface area is 174 Å². The minimum Gasteiger partial charge on any atom is -0.336 e. The molecule has 0 N–H and O–H groups in total. The van der Waals surface area contributed by atoms with Gasteiger partial charge in [0, 0.05) is 49.9 Å². The summed E-state index contributed by atoms with van der Waals surface area (Å²) in [5.74, 6) is -0.616. The highest BCUT2D eigenvalue weighted by molar-refractivity contribution is 7.15. The molecule has 0 saturated carbocycles. The SMILES string of the molecule is Cc1csc2nc(CN3CCN(C(=O)c4ccccc4C(F)(F)F)CC3)cc(=O)n12. The Kier molecular flexibility index (Phi) is 5.37. The van der Waals surface area contributed by atoms with Gasteiger partial charge in [0.25, 0.3) is 11.5 Å². The van der Waals surface area contributed by atoms with Crippen molar-refractivity contribution in [3.63, 3.8) is 0 Å². The summed E-state index contributed by atoms with van der Waals surface area (Å²) in [7, 11) is 0. The average molecular weight is 436 g/mol. The zero-order valence-corrected chi connectivity index (χ0v) is 17.0. The van der Waals surface area contributed by atoms with Crippen LogP contribution in [0.15, 0.2) is 40.5 Å². The number of hydrogen-bond acceptors (Lipinski definition) is 5. The van der Waals surface area contributed by atoms with Crippen LogP contribution in [0.4, 0.5) is 13.2 Å². The van der Waals surface area contributed by atoms with E-state index in [0.29, 0.717) is 43.4 Å². The van der Waals surface area contributed by atoms with Crippen LogP contribution >= 0.6 is 11.3 Å². The second kappa shape index (κ2) is 7.84. The first kappa shape index (κ1) is 20.5. The number of amides is 1. The molecule has 2 aromatic heterocycles. The summed E-state index contributed by atoms with van der Waals surface area (Å²) < 4.78 is 41.2. The number of carbonyl (C=O) groups excluding carboxylic acids is 1. The molecule has 3 heterocycles. The highest BCUT2D eigenvalue weighted by atomic mass is 32.1. The Morgan fingerprint density at radius 3 is 2.57 bits per heavy atom. The summed E-state index contributed by atoms with van der Waals surface area (Å²) in [5, 5.41) is 1.87.